The van der Waals surface area contributed by atoms with E-state index in [1.807, 2.05) is 24.3 Å². The van der Waals surface area contributed by atoms with E-state index >= 15 is 0 Å². The number of carbonyl (C=O) groups excluding carboxylic acids is 1. The first-order valence-corrected chi connectivity index (χ1v) is 9.69. The Balaban J connectivity index is 1.27. The van der Waals surface area contributed by atoms with Crippen LogP contribution in [0.4, 0.5) is 11.4 Å². The fourth-order valence-corrected chi connectivity index (χ4v) is 3.95. The molecule has 6 nitrogen and oxygen atoms in total. The van der Waals surface area contributed by atoms with E-state index in [2.05, 4.69) is 46.4 Å². The van der Waals surface area contributed by atoms with E-state index in [-0.39, 0.29) is 12.7 Å². The molecule has 3 heterocycles. The number of anilines is 2. The fraction of sp³-hybridized carbons (Fsp3) is 0.217. The number of carbonyl (C=O) groups is 1. The van der Waals surface area contributed by atoms with Crippen LogP contribution in [0, 0.1) is 0 Å². The van der Waals surface area contributed by atoms with Crippen LogP contribution in [-0.4, -0.2) is 23.7 Å². The predicted molar refractivity (Wildman–Crippen MR) is 110 cm³/mol. The molecule has 1 aromatic heterocycles. The molecular formula is C23H21N3O3. The molecule has 29 heavy (non-hydrogen) atoms. The zero-order valence-corrected chi connectivity index (χ0v) is 16.1. The van der Waals surface area contributed by atoms with Gasteiger partial charge in [0.1, 0.15) is 5.69 Å². The second kappa shape index (κ2) is 7.13. The van der Waals surface area contributed by atoms with Gasteiger partial charge in [-0.05, 0) is 54.8 Å². The second-order valence-corrected chi connectivity index (χ2v) is 7.32. The van der Waals surface area contributed by atoms with Crippen molar-refractivity contribution in [2.24, 2.45) is 0 Å². The number of nitrogens with one attached hydrogen (secondary N) is 1. The maximum atomic E-state index is 12.5. The number of pyridine rings is 1. The summed E-state index contributed by atoms with van der Waals surface area (Å²) in [7, 11) is 0. The molecule has 0 fully saturated rings. The molecule has 1 unspecified atom stereocenters. The largest absolute Gasteiger partial charge is 0.454 e. The average molecular weight is 387 g/mol. The van der Waals surface area contributed by atoms with Crippen LogP contribution < -0.4 is 19.7 Å². The minimum absolute atomic E-state index is 0.205. The van der Waals surface area contributed by atoms with Crippen LogP contribution in [0.3, 0.4) is 0 Å². The van der Waals surface area contributed by atoms with Crippen LogP contribution in [0.1, 0.15) is 28.5 Å². The molecule has 0 radical (unpaired) electrons. The maximum Gasteiger partial charge on any atom is 0.270 e. The van der Waals surface area contributed by atoms with Gasteiger partial charge in [-0.2, -0.15) is 0 Å². The predicted octanol–water partition coefficient (Wildman–Crippen LogP) is 3.82. The van der Waals surface area contributed by atoms with Gasteiger partial charge in [0.2, 0.25) is 6.79 Å². The highest BCUT2D eigenvalue weighted by molar-refractivity contribution is 5.92. The molecule has 146 valence electrons. The molecule has 3 aromatic rings. The molecule has 2 aromatic carbocycles. The normalized spacial score (nSPS) is 16.6. The molecule has 5 rings (SSSR count). The van der Waals surface area contributed by atoms with E-state index in [0.29, 0.717) is 24.0 Å². The molecule has 0 aliphatic carbocycles. The van der Waals surface area contributed by atoms with Crippen molar-refractivity contribution in [3.8, 4) is 11.5 Å². The number of benzene rings is 2. The van der Waals surface area contributed by atoms with Crippen molar-refractivity contribution >= 4 is 17.3 Å². The molecule has 0 saturated heterocycles. The Kier molecular flexibility index (Phi) is 4.31. The number of hydrogen-bond donors (Lipinski definition) is 1. The zero-order chi connectivity index (χ0) is 19.8. The van der Waals surface area contributed by atoms with Gasteiger partial charge >= 0.3 is 0 Å². The van der Waals surface area contributed by atoms with Gasteiger partial charge in [-0.15, -0.1) is 0 Å². The molecule has 0 saturated carbocycles. The van der Waals surface area contributed by atoms with Gasteiger partial charge in [-0.3, -0.25) is 4.79 Å². The Hall–Kier alpha value is -3.54. The van der Waals surface area contributed by atoms with Crippen LogP contribution >= 0.6 is 0 Å². The van der Waals surface area contributed by atoms with E-state index in [0.717, 1.165) is 23.4 Å². The number of rotatable bonds is 4. The van der Waals surface area contributed by atoms with Crippen LogP contribution in [-0.2, 0) is 13.0 Å². The maximum absolute atomic E-state index is 12.5. The number of fused-ring (bicyclic) bond motifs is 2. The SMILES string of the molecule is CC1Cc2ccccc2N1c1ccc(C(=O)NCc2ccc3c(c2)OCO3)nc1. The Labute approximate surface area is 169 Å². The molecule has 0 spiro atoms. The Bertz CT molecular complexity index is 1070. The number of aromatic nitrogens is 1. The third kappa shape index (κ3) is 3.27. The average Bonchev–Trinajstić information content (AvgIpc) is 3.35. The molecular weight excluding hydrogens is 366 g/mol. The smallest absolute Gasteiger partial charge is 0.270 e. The molecule has 2 aliphatic heterocycles. The summed E-state index contributed by atoms with van der Waals surface area (Å²) in [6.07, 6.45) is 2.78. The standard InChI is InChI=1S/C23H21N3O3/c1-15-10-17-4-2-3-5-20(17)26(15)18-7-8-19(24-13-18)23(27)25-12-16-6-9-21-22(11-16)29-14-28-21/h2-9,11,13,15H,10,12,14H2,1H3,(H,25,27). The number of para-hydroxylation sites is 1. The number of hydrogen-bond acceptors (Lipinski definition) is 5. The number of nitrogens with zero attached hydrogens (tertiary/aromatic N) is 2. The Morgan fingerprint density at radius 3 is 2.86 bits per heavy atom. The van der Waals surface area contributed by atoms with Crippen molar-refractivity contribution in [2.75, 3.05) is 11.7 Å². The summed E-state index contributed by atoms with van der Waals surface area (Å²) in [5.74, 6) is 1.23. The van der Waals surface area contributed by atoms with Gasteiger partial charge < -0.3 is 19.7 Å². The monoisotopic (exact) mass is 387 g/mol. The summed E-state index contributed by atoms with van der Waals surface area (Å²) in [6, 6.07) is 18.2. The minimum Gasteiger partial charge on any atom is -0.454 e. The van der Waals surface area contributed by atoms with Gasteiger partial charge in [-0.25, -0.2) is 4.98 Å². The van der Waals surface area contributed by atoms with Crippen LogP contribution in [0.15, 0.2) is 60.8 Å². The highest BCUT2D eigenvalue weighted by atomic mass is 16.7. The fourth-order valence-electron chi connectivity index (χ4n) is 3.95. The van der Waals surface area contributed by atoms with E-state index in [1.54, 1.807) is 12.3 Å². The Morgan fingerprint density at radius 2 is 2.00 bits per heavy atom. The lowest BCUT2D eigenvalue weighted by Crippen LogP contribution is -2.25. The summed E-state index contributed by atoms with van der Waals surface area (Å²) in [4.78, 5) is 19.2. The summed E-state index contributed by atoms with van der Waals surface area (Å²) >= 11 is 0. The lowest BCUT2D eigenvalue weighted by Gasteiger charge is -2.24. The van der Waals surface area contributed by atoms with Gasteiger partial charge in [0.25, 0.3) is 5.91 Å². The van der Waals surface area contributed by atoms with Crippen molar-refractivity contribution in [1.29, 1.82) is 0 Å². The van der Waals surface area contributed by atoms with Crippen LogP contribution in [0.5, 0.6) is 11.5 Å². The third-order valence-electron chi connectivity index (χ3n) is 5.36. The van der Waals surface area contributed by atoms with Crippen LogP contribution in [0.2, 0.25) is 0 Å². The lowest BCUT2D eigenvalue weighted by atomic mass is 10.1. The van der Waals surface area contributed by atoms with Gasteiger partial charge in [-0.1, -0.05) is 24.3 Å². The topological polar surface area (TPSA) is 63.7 Å². The first-order chi connectivity index (χ1) is 14.2. The Morgan fingerprint density at radius 1 is 1.14 bits per heavy atom. The molecule has 1 N–H and O–H groups in total. The lowest BCUT2D eigenvalue weighted by molar-refractivity contribution is 0.0946. The van der Waals surface area contributed by atoms with E-state index in [1.165, 1.54) is 11.3 Å². The van der Waals surface area contributed by atoms with E-state index in [9.17, 15) is 4.79 Å². The first-order valence-electron chi connectivity index (χ1n) is 9.69. The molecule has 2 aliphatic rings. The minimum atomic E-state index is -0.205. The van der Waals surface area contributed by atoms with Gasteiger partial charge in [0.05, 0.1) is 11.9 Å². The number of ether oxygens (including phenoxy) is 2. The summed E-state index contributed by atoms with van der Waals surface area (Å²) in [6.45, 7) is 2.84. The summed E-state index contributed by atoms with van der Waals surface area (Å²) in [5, 5.41) is 2.91. The first kappa shape index (κ1) is 17.6. The second-order valence-electron chi connectivity index (χ2n) is 7.32. The van der Waals surface area contributed by atoms with E-state index < -0.39 is 0 Å². The third-order valence-corrected chi connectivity index (χ3v) is 5.36. The van der Waals surface area contributed by atoms with Crippen molar-refractivity contribution in [3.05, 3.63) is 77.6 Å². The highest BCUT2D eigenvalue weighted by Crippen LogP contribution is 2.37. The van der Waals surface area contributed by atoms with Crippen molar-refractivity contribution in [1.82, 2.24) is 10.3 Å². The van der Waals surface area contributed by atoms with Crippen molar-refractivity contribution in [3.63, 3.8) is 0 Å². The van der Waals surface area contributed by atoms with Crippen LogP contribution in [0.25, 0.3) is 0 Å². The van der Waals surface area contributed by atoms with Crippen molar-refractivity contribution < 1.29 is 14.3 Å². The molecule has 0 bridgehead atoms. The zero-order valence-electron chi connectivity index (χ0n) is 16.1. The quantitative estimate of drug-likeness (QED) is 0.737. The summed E-state index contributed by atoms with van der Waals surface area (Å²) < 4.78 is 10.7. The van der Waals surface area contributed by atoms with E-state index in [4.69, 9.17) is 9.47 Å². The molecule has 1 amide bonds. The molecule has 1 atom stereocenters. The summed E-state index contributed by atoms with van der Waals surface area (Å²) in [5.41, 5.74) is 4.89. The van der Waals surface area contributed by atoms with Crippen molar-refractivity contribution in [2.45, 2.75) is 25.9 Å². The highest BCUT2D eigenvalue weighted by Gasteiger charge is 2.27. The molecule has 6 heteroatoms. The van der Waals surface area contributed by atoms with Gasteiger partial charge in [0.15, 0.2) is 11.5 Å². The van der Waals surface area contributed by atoms with Gasteiger partial charge in [0, 0.05) is 18.3 Å². The number of amides is 1.